The largest absolute Gasteiger partial charge is 0.458 e. The Balaban J connectivity index is 2.70. The van der Waals surface area contributed by atoms with Crippen molar-refractivity contribution in [2.45, 2.75) is 65.1 Å². The van der Waals surface area contributed by atoms with Gasteiger partial charge in [0.05, 0.1) is 6.04 Å². The van der Waals surface area contributed by atoms with E-state index in [0.29, 0.717) is 12.8 Å². The Labute approximate surface area is 145 Å². The summed E-state index contributed by atoms with van der Waals surface area (Å²) in [6, 6.07) is 8.18. The molecule has 5 nitrogen and oxygen atoms in total. The normalized spacial score (nSPS) is 14.1. The van der Waals surface area contributed by atoms with Gasteiger partial charge in [-0.05, 0) is 45.1 Å². The van der Waals surface area contributed by atoms with Gasteiger partial charge < -0.3 is 15.8 Å². The monoisotopic (exact) mass is 334 g/mol. The SMILES string of the molecule is CC(C)C[C@H](NC(=O)[C@@H](N)Cc1ccccc1)C(=O)OC(C)(C)C. The van der Waals surface area contributed by atoms with Crippen LogP contribution in [0.15, 0.2) is 30.3 Å². The molecule has 0 bridgehead atoms. The molecule has 0 aliphatic heterocycles. The molecular formula is C19H30N2O3. The summed E-state index contributed by atoms with van der Waals surface area (Å²) in [6.45, 7) is 9.40. The minimum absolute atomic E-state index is 0.244. The van der Waals surface area contributed by atoms with Crippen LogP contribution in [0, 0.1) is 5.92 Å². The number of rotatable bonds is 7. The Morgan fingerprint density at radius 2 is 1.75 bits per heavy atom. The van der Waals surface area contributed by atoms with Gasteiger partial charge in [0.25, 0.3) is 0 Å². The molecule has 1 rings (SSSR count). The van der Waals surface area contributed by atoms with Crippen LogP contribution >= 0.6 is 0 Å². The highest BCUT2D eigenvalue weighted by atomic mass is 16.6. The van der Waals surface area contributed by atoms with Gasteiger partial charge >= 0.3 is 5.97 Å². The van der Waals surface area contributed by atoms with Crippen LogP contribution in [0.4, 0.5) is 0 Å². The predicted molar refractivity (Wildman–Crippen MR) is 95.4 cm³/mol. The maximum Gasteiger partial charge on any atom is 0.329 e. The maximum absolute atomic E-state index is 12.4. The molecule has 2 atom stereocenters. The summed E-state index contributed by atoms with van der Waals surface area (Å²) in [5.74, 6) is -0.514. The summed E-state index contributed by atoms with van der Waals surface area (Å²) in [7, 11) is 0. The highest BCUT2D eigenvalue weighted by molar-refractivity contribution is 5.87. The van der Waals surface area contributed by atoms with E-state index in [0.717, 1.165) is 5.56 Å². The molecule has 0 heterocycles. The molecule has 1 aromatic carbocycles. The zero-order valence-electron chi connectivity index (χ0n) is 15.3. The lowest BCUT2D eigenvalue weighted by atomic mass is 10.0. The van der Waals surface area contributed by atoms with Crippen LogP contribution in [0.5, 0.6) is 0 Å². The number of hydrogen-bond donors (Lipinski definition) is 2. The minimum Gasteiger partial charge on any atom is -0.458 e. The number of hydrogen-bond acceptors (Lipinski definition) is 4. The second-order valence-electron chi connectivity index (χ2n) is 7.52. The van der Waals surface area contributed by atoms with Crippen LogP contribution in [0.3, 0.4) is 0 Å². The van der Waals surface area contributed by atoms with Crippen molar-refractivity contribution in [2.24, 2.45) is 11.7 Å². The molecule has 5 heteroatoms. The molecule has 0 aliphatic carbocycles. The van der Waals surface area contributed by atoms with E-state index in [1.807, 2.05) is 44.2 Å². The van der Waals surface area contributed by atoms with Crippen LogP contribution in [0.25, 0.3) is 0 Å². The first kappa shape index (κ1) is 20.2. The molecule has 0 saturated heterocycles. The Kier molecular flexibility index (Phi) is 7.42. The third-order valence-corrected chi connectivity index (χ3v) is 3.35. The summed E-state index contributed by atoms with van der Waals surface area (Å²) in [6.07, 6.45) is 0.939. The predicted octanol–water partition coefficient (Wildman–Crippen LogP) is 2.43. The second kappa shape index (κ2) is 8.83. The van der Waals surface area contributed by atoms with Crippen LogP contribution in [-0.4, -0.2) is 29.6 Å². The Morgan fingerprint density at radius 1 is 1.17 bits per heavy atom. The number of nitrogens with two attached hydrogens (primary N) is 1. The lowest BCUT2D eigenvalue weighted by Gasteiger charge is -2.26. The van der Waals surface area contributed by atoms with Crippen LogP contribution in [-0.2, 0) is 20.7 Å². The Hall–Kier alpha value is -1.88. The summed E-state index contributed by atoms with van der Waals surface area (Å²) < 4.78 is 5.41. The second-order valence-corrected chi connectivity index (χ2v) is 7.52. The third kappa shape index (κ3) is 7.59. The van der Waals surface area contributed by atoms with Crippen molar-refractivity contribution < 1.29 is 14.3 Å². The molecule has 0 unspecified atom stereocenters. The molecule has 0 spiro atoms. The quantitative estimate of drug-likeness (QED) is 0.750. The molecule has 0 aromatic heterocycles. The molecule has 24 heavy (non-hydrogen) atoms. The number of carbonyl (C=O) groups is 2. The summed E-state index contributed by atoms with van der Waals surface area (Å²) >= 11 is 0. The van der Waals surface area contributed by atoms with E-state index >= 15 is 0 Å². The van der Waals surface area contributed by atoms with Gasteiger partial charge in [-0.2, -0.15) is 0 Å². The van der Waals surface area contributed by atoms with Gasteiger partial charge in [0, 0.05) is 0 Å². The minimum atomic E-state index is -0.704. The van der Waals surface area contributed by atoms with Crippen LogP contribution < -0.4 is 11.1 Å². The first-order valence-electron chi connectivity index (χ1n) is 8.41. The van der Waals surface area contributed by atoms with Crippen LogP contribution in [0.1, 0.15) is 46.6 Å². The van der Waals surface area contributed by atoms with Crippen LogP contribution in [0.2, 0.25) is 0 Å². The molecule has 0 fully saturated rings. The van der Waals surface area contributed by atoms with E-state index in [4.69, 9.17) is 10.5 Å². The first-order valence-corrected chi connectivity index (χ1v) is 8.41. The molecule has 0 radical (unpaired) electrons. The molecule has 1 aromatic rings. The Morgan fingerprint density at radius 3 is 2.25 bits per heavy atom. The molecule has 3 N–H and O–H groups in total. The van der Waals surface area contributed by atoms with Gasteiger partial charge in [-0.3, -0.25) is 4.79 Å². The Bertz CT molecular complexity index is 535. The molecular weight excluding hydrogens is 304 g/mol. The van der Waals surface area contributed by atoms with Crippen molar-refractivity contribution >= 4 is 11.9 Å². The van der Waals surface area contributed by atoms with Crippen molar-refractivity contribution in [2.75, 3.05) is 0 Å². The van der Waals surface area contributed by atoms with E-state index in [1.165, 1.54) is 0 Å². The fourth-order valence-electron chi connectivity index (χ4n) is 2.30. The van der Waals surface area contributed by atoms with E-state index in [-0.39, 0.29) is 11.8 Å². The van der Waals surface area contributed by atoms with E-state index in [9.17, 15) is 9.59 Å². The van der Waals surface area contributed by atoms with E-state index in [2.05, 4.69) is 5.32 Å². The zero-order valence-corrected chi connectivity index (χ0v) is 15.3. The zero-order chi connectivity index (χ0) is 18.3. The molecule has 1 amide bonds. The van der Waals surface area contributed by atoms with E-state index in [1.54, 1.807) is 20.8 Å². The molecule has 0 saturated carbocycles. The molecule has 134 valence electrons. The van der Waals surface area contributed by atoms with Crippen molar-refractivity contribution in [3.63, 3.8) is 0 Å². The number of benzene rings is 1. The lowest BCUT2D eigenvalue weighted by molar-refractivity contribution is -0.159. The average molecular weight is 334 g/mol. The van der Waals surface area contributed by atoms with Crippen molar-refractivity contribution in [1.29, 1.82) is 0 Å². The maximum atomic E-state index is 12.4. The van der Waals surface area contributed by atoms with Gasteiger partial charge in [0.2, 0.25) is 5.91 Å². The van der Waals surface area contributed by atoms with Gasteiger partial charge in [-0.25, -0.2) is 4.79 Å². The summed E-state index contributed by atoms with van der Waals surface area (Å²) in [4.78, 5) is 24.7. The van der Waals surface area contributed by atoms with Gasteiger partial charge in [0.1, 0.15) is 11.6 Å². The summed E-state index contributed by atoms with van der Waals surface area (Å²) in [5.41, 5.74) is 6.38. The number of amides is 1. The standard InChI is InChI=1S/C19H30N2O3/c1-13(2)11-16(18(23)24-19(3,4)5)21-17(22)15(20)12-14-9-7-6-8-10-14/h6-10,13,15-16H,11-12,20H2,1-5H3,(H,21,22)/t15-,16-/m0/s1. The highest BCUT2D eigenvalue weighted by Gasteiger charge is 2.28. The van der Waals surface area contributed by atoms with Gasteiger partial charge in [0.15, 0.2) is 0 Å². The smallest absolute Gasteiger partial charge is 0.329 e. The number of nitrogens with one attached hydrogen (secondary N) is 1. The average Bonchev–Trinajstić information content (AvgIpc) is 2.45. The fraction of sp³-hybridized carbons (Fsp3) is 0.579. The van der Waals surface area contributed by atoms with Crippen molar-refractivity contribution in [1.82, 2.24) is 5.32 Å². The fourth-order valence-corrected chi connectivity index (χ4v) is 2.30. The van der Waals surface area contributed by atoms with Gasteiger partial charge in [-0.1, -0.05) is 44.2 Å². The van der Waals surface area contributed by atoms with Gasteiger partial charge in [-0.15, -0.1) is 0 Å². The van der Waals surface area contributed by atoms with E-state index < -0.39 is 23.7 Å². The third-order valence-electron chi connectivity index (χ3n) is 3.35. The number of esters is 1. The topological polar surface area (TPSA) is 81.4 Å². The van der Waals surface area contributed by atoms with Crippen molar-refractivity contribution in [3.05, 3.63) is 35.9 Å². The van der Waals surface area contributed by atoms with Crippen molar-refractivity contribution in [3.8, 4) is 0 Å². The lowest BCUT2D eigenvalue weighted by Crippen LogP contribution is -2.51. The summed E-state index contributed by atoms with van der Waals surface area (Å²) in [5, 5.41) is 2.75. The molecule has 0 aliphatic rings. The first-order chi connectivity index (χ1) is 11.1. The number of ether oxygens (including phenoxy) is 1. The highest BCUT2D eigenvalue weighted by Crippen LogP contribution is 2.13. The number of carbonyl (C=O) groups excluding carboxylic acids is 2.